The number of imide groups is 1. The molecule has 0 aliphatic carbocycles. The number of amides is 2. The van der Waals surface area contributed by atoms with Crippen LogP contribution in [0.1, 0.15) is 41.5 Å². The third kappa shape index (κ3) is 1.93. The van der Waals surface area contributed by atoms with Crippen molar-refractivity contribution in [2.24, 2.45) is 0 Å². The van der Waals surface area contributed by atoms with Crippen LogP contribution in [0.25, 0.3) is 0 Å². The average molecular weight is 247 g/mol. The summed E-state index contributed by atoms with van der Waals surface area (Å²) in [6.45, 7) is 6.47. The zero-order valence-corrected chi connectivity index (χ0v) is 10.9. The Kier molecular flexibility index (Phi) is 3.22. The number of hydrogen-bond acceptors (Lipinski definition) is 3. The molecule has 0 radical (unpaired) electrons. The van der Waals surface area contributed by atoms with Crippen LogP contribution >= 0.6 is 0 Å². The third-order valence-electron chi connectivity index (χ3n) is 3.06. The summed E-state index contributed by atoms with van der Waals surface area (Å²) < 4.78 is 5.36. The lowest BCUT2D eigenvalue weighted by atomic mass is 10.0. The quantitative estimate of drug-likeness (QED) is 0.765. The van der Waals surface area contributed by atoms with Gasteiger partial charge in [-0.15, -0.1) is 0 Å². The molecular weight excluding hydrogens is 230 g/mol. The van der Waals surface area contributed by atoms with Gasteiger partial charge in [0.1, 0.15) is 0 Å². The molecule has 0 N–H and O–H groups in total. The summed E-state index contributed by atoms with van der Waals surface area (Å²) in [6, 6.07) is 6.91. The summed E-state index contributed by atoms with van der Waals surface area (Å²) in [5, 5.41) is 0. The summed E-state index contributed by atoms with van der Waals surface area (Å²) in [6.07, 6.45) is 0. The predicted octanol–water partition coefficient (Wildman–Crippen LogP) is 2.10. The van der Waals surface area contributed by atoms with Gasteiger partial charge in [0.05, 0.1) is 23.3 Å². The highest BCUT2D eigenvalue weighted by Gasteiger charge is 2.43. The first-order valence-corrected chi connectivity index (χ1v) is 6.04. The van der Waals surface area contributed by atoms with E-state index in [1.807, 2.05) is 20.8 Å². The Balaban J connectivity index is 2.33. The molecule has 0 bridgehead atoms. The monoisotopic (exact) mass is 247 g/mol. The highest BCUT2D eigenvalue weighted by molar-refractivity contribution is 6.21. The molecule has 0 aromatic heterocycles. The molecule has 18 heavy (non-hydrogen) atoms. The molecule has 0 saturated carbocycles. The van der Waals surface area contributed by atoms with Crippen molar-refractivity contribution >= 4 is 11.8 Å². The van der Waals surface area contributed by atoms with Crippen LogP contribution in [-0.2, 0) is 4.74 Å². The first kappa shape index (κ1) is 12.8. The standard InChI is InChI=1S/C14H17NO3/c1-4-18-9-14(2,3)15-12(16)10-7-5-6-8-11(10)13(15)17/h5-8H,4,9H2,1-3H3. The molecular formula is C14H17NO3. The second-order valence-corrected chi connectivity index (χ2v) is 4.94. The Morgan fingerprint density at radius 2 is 1.61 bits per heavy atom. The second kappa shape index (κ2) is 4.53. The van der Waals surface area contributed by atoms with E-state index in [1.54, 1.807) is 24.3 Å². The minimum absolute atomic E-state index is 0.236. The fourth-order valence-electron chi connectivity index (χ4n) is 2.16. The zero-order chi connectivity index (χ0) is 13.3. The van der Waals surface area contributed by atoms with Crippen molar-refractivity contribution < 1.29 is 14.3 Å². The largest absolute Gasteiger partial charge is 0.379 e. The SMILES string of the molecule is CCOCC(C)(C)N1C(=O)c2ccccc2C1=O. The first-order chi connectivity index (χ1) is 8.49. The molecule has 96 valence electrons. The number of ether oxygens (including phenoxy) is 1. The number of fused-ring (bicyclic) bond motifs is 1. The van der Waals surface area contributed by atoms with Crippen molar-refractivity contribution in [3.05, 3.63) is 35.4 Å². The van der Waals surface area contributed by atoms with Gasteiger partial charge in [-0.2, -0.15) is 0 Å². The normalized spacial score (nSPS) is 15.2. The van der Waals surface area contributed by atoms with E-state index < -0.39 is 5.54 Å². The van der Waals surface area contributed by atoms with Gasteiger partial charge in [-0.3, -0.25) is 14.5 Å². The molecule has 4 nitrogen and oxygen atoms in total. The summed E-state index contributed by atoms with van der Waals surface area (Å²) >= 11 is 0. The van der Waals surface area contributed by atoms with Crippen LogP contribution in [0.4, 0.5) is 0 Å². The van der Waals surface area contributed by atoms with Gasteiger partial charge in [0.2, 0.25) is 0 Å². The highest BCUT2D eigenvalue weighted by Crippen LogP contribution is 2.29. The average Bonchev–Trinajstić information content (AvgIpc) is 2.61. The van der Waals surface area contributed by atoms with Gasteiger partial charge in [-0.25, -0.2) is 0 Å². The number of hydrogen-bond donors (Lipinski definition) is 0. The van der Waals surface area contributed by atoms with E-state index in [9.17, 15) is 9.59 Å². The second-order valence-electron chi connectivity index (χ2n) is 4.94. The highest BCUT2D eigenvalue weighted by atomic mass is 16.5. The van der Waals surface area contributed by atoms with Gasteiger partial charge in [-0.05, 0) is 32.9 Å². The van der Waals surface area contributed by atoms with Crippen molar-refractivity contribution in [2.75, 3.05) is 13.2 Å². The molecule has 1 aromatic carbocycles. The van der Waals surface area contributed by atoms with E-state index in [2.05, 4.69) is 0 Å². The summed E-state index contributed by atoms with van der Waals surface area (Å²) in [7, 11) is 0. The summed E-state index contributed by atoms with van der Waals surface area (Å²) in [4.78, 5) is 25.8. The smallest absolute Gasteiger partial charge is 0.262 e. The molecule has 1 aliphatic heterocycles. The Morgan fingerprint density at radius 1 is 1.11 bits per heavy atom. The first-order valence-electron chi connectivity index (χ1n) is 6.04. The molecule has 2 rings (SSSR count). The van der Waals surface area contributed by atoms with Crippen LogP contribution in [0.3, 0.4) is 0 Å². The number of nitrogens with zero attached hydrogens (tertiary/aromatic N) is 1. The number of carbonyl (C=O) groups is 2. The summed E-state index contributed by atoms with van der Waals surface area (Å²) in [5.74, 6) is -0.472. The molecule has 2 amide bonds. The van der Waals surface area contributed by atoms with Gasteiger partial charge in [0, 0.05) is 6.61 Å². The maximum absolute atomic E-state index is 12.3. The molecule has 0 fully saturated rings. The molecule has 1 heterocycles. The Morgan fingerprint density at radius 3 is 2.06 bits per heavy atom. The lowest BCUT2D eigenvalue weighted by Gasteiger charge is -2.33. The van der Waals surface area contributed by atoms with E-state index in [0.29, 0.717) is 24.3 Å². The Labute approximate surface area is 107 Å². The molecule has 0 spiro atoms. The number of benzene rings is 1. The Bertz CT molecular complexity index is 459. The van der Waals surface area contributed by atoms with Crippen LogP contribution in [0.2, 0.25) is 0 Å². The maximum Gasteiger partial charge on any atom is 0.262 e. The maximum atomic E-state index is 12.3. The van der Waals surface area contributed by atoms with E-state index in [0.717, 1.165) is 0 Å². The molecule has 1 aliphatic rings. The third-order valence-corrected chi connectivity index (χ3v) is 3.06. The van der Waals surface area contributed by atoms with Crippen LogP contribution in [0.15, 0.2) is 24.3 Å². The van der Waals surface area contributed by atoms with Crippen LogP contribution in [-0.4, -0.2) is 35.5 Å². The molecule has 0 saturated heterocycles. The van der Waals surface area contributed by atoms with Crippen LogP contribution < -0.4 is 0 Å². The number of rotatable bonds is 4. The van der Waals surface area contributed by atoms with Gasteiger partial charge in [-0.1, -0.05) is 12.1 Å². The van der Waals surface area contributed by atoms with Gasteiger partial charge in [0.25, 0.3) is 11.8 Å². The van der Waals surface area contributed by atoms with E-state index in [4.69, 9.17) is 4.74 Å². The van der Waals surface area contributed by atoms with E-state index in [1.165, 1.54) is 4.90 Å². The zero-order valence-electron chi connectivity index (χ0n) is 10.9. The van der Waals surface area contributed by atoms with Gasteiger partial charge in [0.15, 0.2) is 0 Å². The fourth-order valence-corrected chi connectivity index (χ4v) is 2.16. The minimum Gasteiger partial charge on any atom is -0.379 e. The van der Waals surface area contributed by atoms with Crippen molar-refractivity contribution in [1.29, 1.82) is 0 Å². The number of carbonyl (C=O) groups excluding carboxylic acids is 2. The fraction of sp³-hybridized carbons (Fsp3) is 0.429. The molecule has 4 heteroatoms. The molecule has 1 aromatic rings. The predicted molar refractivity (Wildman–Crippen MR) is 67.5 cm³/mol. The van der Waals surface area contributed by atoms with Crippen molar-refractivity contribution in [3.63, 3.8) is 0 Å². The van der Waals surface area contributed by atoms with Crippen molar-refractivity contribution in [3.8, 4) is 0 Å². The minimum atomic E-state index is -0.636. The topological polar surface area (TPSA) is 46.6 Å². The van der Waals surface area contributed by atoms with E-state index in [-0.39, 0.29) is 11.8 Å². The molecule has 0 unspecified atom stereocenters. The van der Waals surface area contributed by atoms with Crippen LogP contribution in [0.5, 0.6) is 0 Å². The lowest BCUT2D eigenvalue weighted by Crippen LogP contribution is -2.50. The van der Waals surface area contributed by atoms with Gasteiger partial charge < -0.3 is 4.74 Å². The van der Waals surface area contributed by atoms with Gasteiger partial charge >= 0.3 is 0 Å². The van der Waals surface area contributed by atoms with Crippen LogP contribution in [0, 0.1) is 0 Å². The van der Waals surface area contributed by atoms with Crippen molar-refractivity contribution in [2.45, 2.75) is 26.3 Å². The Hall–Kier alpha value is -1.68. The lowest BCUT2D eigenvalue weighted by molar-refractivity contribution is 0.0189. The summed E-state index contributed by atoms with van der Waals surface area (Å²) in [5.41, 5.74) is 0.322. The van der Waals surface area contributed by atoms with E-state index >= 15 is 0 Å². The van der Waals surface area contributed by atoms with Crippen molar-refractivity contribution in [1.82, 2.24) is 4.90 Å². The molecule has 0 atom stereocenters.